The molecule has 0 aliphatic carbocycles. The normalized spacial score (nSPS) is 10.0. The van der Waals surface area contributed by atoms with Gasteiger partial charge in [0, 0.05) is 11.6 Å². The van der Waals surface area contributed by atoms with Gasteiger partial charge >= 0.3 is 0 Å². The van der Waals surface area contributed by atoms with Gasteiger partial charge in [0.1, 0.15) is 0 Å². The Bertz CT molecular complexity index is 251. The molecule has 2 heterocycles. The Balaban J connectivity index is 2.48. The summed E-state index contributed by atoms with van der Waals surface area (Å²) in [5.41, 5.74) is 3.94. The van der Waals surface area contributed by atoms with E-state index in [0.29, 0.717) is 0 Å². The molecule has 0 fully saturated rings. The molecule has 0 aromatic carbocycles. The average molecular weight is 150 g/mol. The van der Waals surface area contributed by atoms with Crippen molar-refractivity contribution in [3.63, 3.8) is 0 Å². The first-order valence-electron chi connectivity index (χ1n) is 2.99. The third kappa shape index (κ3) is 0.844. The predicted molar refractivity (Wildman–Crippen MR) is 41.9 cm³/mol. The van der Waals surface area contributed by atoms with Crippen molar-refractivity contribution in [2.45, 2.75) is 0 Å². The van der Waals surface area contributed by atoms with E-state index >= 15 is 0 Å². The maximum absolute atomic E-state index is 4.15. The molecule has 50 valence electrons. The topological polar surface area (TPSA) is 28.7 Å². The molecule has 0 unspecified atom stereocenters. The van der Waals surface area contributed by atoms with Crippen LogP contribution in [0.2, 0.25) is 0 Å². The fraction of sp³-hybridized carbons (Fsp3) is 0. The maximum Gasteiger partial charge on any atom is 0.0973 e. The smallest absolute Gasteiger partial charge is 0.0973 e. The summed E-state index contributed by atoms with van der Waals surface area (Å²) in [4.78, 5) is 7.23. The zero-order valence-electron chi connectivity index (χ0n) is 5.24. The van der Waals surface area contributed by atoms with Gasteiger partial charge in [-0.25, -0.2) is 4.98 Å². The third-order valence-electron chi connectivity index (χ3n) is 1.31. The van der Waals surface area contributed by atoms with E-state index in [-0.39, 0.29) is 0 Å². The molecule has 3 heteroatoms. The van der Waals surface area contributed by atoms with Gasteiger partial charge < -0.3 is 4.98 Å². The lowest BCUT2D eigenvalue weighted by atomic mass is 10.3. The van der Waals surface area contributed by atoms with E-state index in [2.05, 4.69) is 9.97 Å². The third-order valence-corrected chi connectivity index (χ3v) is 1.89. The molecule has 2 aromatic heterocycles. The van der Waals surface area contributed by atoms with Gasteiger partial charge in [0.25, 0.3) is 0 Å². The summed E-state index contributed by atoms with van der Waals surface area (Å²) in [5, 5.41) is 2.02. The van der Waals surface area contributed by atoms with Crippen LogP contribution in [0.25, 0.3) is 11.4 Å². The SMILES string of the molecule is c1c[nH]c(-c2cscn2)c1. The second-order valence-corrected chi connectivity index (χ2v) is 2.68. The van der Waals surface area contributed by atoms with Crippen LogP contribution in [0.4, 0.5) is 0 Å². The largest absolute Gasteiger partial charge is 0.360 e. The van der Waals surface area contributed by atoms with Gasteiger partial charge in [-0.3, -0.25) is 0 Å². The molecule has 0 bridgehead atoms. The fourth-order valence-electron chi connectivity index (χ4n) is 0.835. The van der Waals surface area contributed by atoms with Gasteiger partial charge in [0.05, 0.1) is 16.9 Å². The summed E-state index contributed by atoms with van der Waals surface area (Å²) in [6, 6.07) is 3.98. The molecule has 0 amide bonds. The Hall–Kier alpha value is -1.09. The Morgan fingerprint density at radius 2 is 2.50 bits per heavy atom. The van der Waals surface area contributed by atoms with E-state index < -0.39 is 0 Å². The van der Waals surface area contributed by atoms with Gasteiger partial charge in [-0.2, -0.15) is 0 Å². The molecule has 10 heavy (non-hydrogen) atoms. The molecule has 0 aliphatic rings. The summed E-state index contributed by atoms with van der Waals surface area (Å²) < 4.78 is 0. The van der Waals surface area contributed by atoms with Crippen LogP contribution in [0.3, 0.4) is 0 Å². The Kier molecular flexibility index (Phi) is 1.29. The molecule has 2 nitrogen and oxygen atoms in total. The summed E-state index contributed by atoms with van der Waals surface area (Å²) in [5.74, 6) is 0. The zero-order chi connectivity index (χ0) is 6.81. The lowest BCUT2D eigenvalue weighted by Crippen LogP contribution is -1.72. The summed E-state index contributed by atoms with van der Waals surface area (Å²) >= 11 is 1.61. The summed E-state index contributed by atoms with van der Waals surface area (Å²) in [7, 11) is 0. The predicted octanol–water partition coefficient (Wildman–Crippen LogP) is 2.14. The van der Waals surface area contributed by atoms with Gasteiger partial charge in [0.2, 0.25) is 0 Å². The molecule has 2 aromatic rings. The van der Waals surface area contributed by atoms with Crippen LogP contribution in [-0.2, 0) is 0 Å². The fourth-order valence-corrected chi connectivity index (χ4v) is 1.39. The van der Waals surface area contributed by atoms with Crippen LogP contribution in [0, 0.1) is 0 Å². The molecular weight excluding hydrogens is 144 g/mol. The van der Waals surface area contributed by atoms with Crippen molar-refractivity contribution in [1.29, 1.82) is 0 Å². The van der Waals surface area contributed by atoms with Crippen molar-refractivity contribution < 1.29 is 0 Å². The number of nitrogens with one attached hydrogen (secondary N) is 1. The van der Waals surface area contributed by atoms with Crippen molar-refractivity contribution >= 4 is 11.3 Å². The van der Waals surface area contributed by atoms with Gasteiger partial charge in [-0.15, -0.1) is 11.3 Å². The van der Waals surface area contributed by atoms with Crippen LogP contribution in [0.15, 0.2) is 29.2 Å². The van der Waals surface area contributed by atoms with E-state index in [1.54, 1.807) is 11.3 Å². The lowest BCUT2D eigenvalue weighted by molar-refractivity contribution is 1.33. The second kappa shape index (κ2) is 2.27. The number of aromatic nitrogens is 2. The number of thiazole rings is 1. The van der Waals surface area contributed by atoms with Gasteiger partial charge in [-0.05, 0) is 12.1 Å². The second-order valence-electron chi connectivity index (χ2n) is 1.96. The van der Waals surface area contributed by atoms with Crippen molar-refractivity contribution in [1.82, 2.24) is 9.97 Å². The van der Waals surface area contributed by atoms with Crippen LogP contribution in [0.5, 0.6) is 0 Å². The first kappa shape index (κ1) is 5.68. The maximum atomic E-state index is 4.15. The van der Waals surface area contributed by atoms with Gasteiger partial charge in [0.15, 0.2) is 0 Å². The minimum absolute atomic E-state index is 1.02. The van der Waals surface area contributed by atoms with Gasteiger partial charge in [-0.1, -0.05) is 0 Å². The number of nitrogens with zero attached hydrogens (tertiary/aromatic N) is 1. The monoisotopic (exact) mass is 150 g/mol. The molecule has 0 atom stereocenters. The van der Waals surface area contributed by atoms with E-state index in [1.165, 1.54) is 0 Å². The summed E-state index contributed by atoms with van der Waals surface area (Å²) in [6.45, 7) is 0. The minimum atomic E-state index is 1.02. The highest BCUT2D eigenvalue weighted by atomic mass is 32.1. The standard InChI is InChI=1S/C7H6N2S/c1-2-6(8-3-1)7-4-10-5-9-7/h1-5,8H. The van der Waals surface area contributed by atoms with E-state index in [1.807, 2.05) is 29.2 Å². The van der Waals surface area contributed by atoms with Crippen LogP contribution < -0.4 is 0 Å². The summed E-state index contributed by atoms with van der Waals surface area (Å²) in [6.07, 6.45) is 1.90. The number of hydrogen-bond acceptors (Lipinski definition) is 2. The quantitative estimate of drug-likeness (QED) is 0.662. The molecule has 1 N–H and O–H groups in total. The molecular formula is C7H6N2S. The number of rotatable bonds is 1. The first-order chi connectivity index (χ1) is 4.97. The number of hydrogen-bond donors (Lipinski definition) is 1. The highest BCUT2D eigenvalue weighted by Gasteiger charge is 1.96. The van der Waals surface area contributed by atoms with Crippen molar-refractivity contribution in [3.05, 3.63) is 29.2 Å². The number of aromatic amines is 1. The van der Waals surface area contributed by atoms with Crippen LogP contribution in [0.1, 0.15) is 0 Å². The van der Waals surface area contributed by atoms with Crippen LogP contribution >= 0.6 is 11.3 Å². The van der Waals surface area contributed by atoms with E-state index in [9.17, 15) is 0 Å². The Morgan fingerprint density at radius 3 is 3.10 bits per heavy atom. The van der Waals surface area contributed by atoms with Crippen molar-refractivity contribution in [2.24, 2.45) is 0 Å². The van der Waals surface area contributed by atoms with Crippen molar-refractivity contribution in [2.75, 3.05) is 0 Å². The Morgan fingerprint density at radius 1 is 1.50 bits per heavy atom. The minimum Gasteiger partial charge on any atom is -0.360 e. The highest BCUT2D eigenvalue weighted by Crippen LogP contribution is 2.15. The highest BCUT2D eigenvalue weighted by molar-refractivity contribution is 7.07. The lowest BCUT2D eigenvalue weighted by Gasteiger charge is -1.85. The molecule has 0 saturated heterocycles. The first-order valence-corrected chi connectivity index (χ1v) is 3.93. The number of H-pyrrole nitrogens is 1. The molecule has 2 rings (SSSR count). The zero-order valence-corrected chi connectivity index (χ0v) is 6.06. The molecule has 0 spiro atoms. The van der Waals surface area contributed by atoms with E-state index in [4.69, 9.17) is 0 Å². The average Bonchev–Trinajstić information content (AvgIpc) is 2.59. The van der Waals surface area contributed by atoms with Crippen LogP contribution in [-0.4, -0.2) is 9.97 Å². The molecule has 0 radical (unpaired) electrons. The van der Waals surface area contributed by atoms with Crippen molar-refractivity contribution in [3.8, 4) is 11.4 Å². The molecule has 0 saturated carbocycles. The van der Waals surface area contributed by atoms with E-state index in [0.717, 1.165) is 11.4 Å². The Labute approximate surface area is 62.6 Å². The molecule has 0 aliphatic heterocycles.